The SMILES string of the molecule is C[C@@H]1OC2C(O)CO[C@@H]2C(N/C=C(\N)c2cc(F)c(F)c(F)c2)[C@@H]1O. The van der Waals surface area contributed by atoms with Gasteiger partial charge in [0, 0.05) is 11.8 Å². The number of nitrogens with one attached hydrogen (secondary N) is 1. The lowest BCUT2D eigenvalue weighted by atomic mass is 9.92. The van der Waals surface area contributed by atoms with Crippen molar-refractivity contribution in [3.05, 3.63) is 41.3 Å². The topological polar surface area (TPSA) is 97.0 Å². The van der Waals surface area contributed by atoms with Crippen molar-refractivity contribution < 1.29 is 32.9 Å². The van der Waals surface area contributed by atoms with Gasteiger partial charge in [0.15, 0.2) is 17.5 Å². The molecule has 6 atom stereocenters. The molecule has 2 saturated heterocycles. The Hall–Kier alpha value is -1.81. The zero-order valence-corrected chi connectivity index (χ0v) is 13.3. The molecular weight excluding hydrogens is 341 g/mol. The molecule has 0 aliphatic carbocycles. The van der Waals surface area contributed by atoms with Gasteiger partial charge in [-0.05, 0) is 19.1 Å². The molecule has 138 valence electrons. The maximum Gasteiger partial charge on any atom is 0.194 e. The van der Waals surface area contributed by atoms with E-state index in [0.29, 0.717) is 0 Å². The van der Waals surface area contributed by atoms with E-state index < -0.39 is 54.0 Å². The van der Waals surface area contributed by atoms with Gasteiger partial charge in [0.1, 0.15) is 24.4 Å². The van der Waals surface area contributed by atoms with Crippen molar-refractivity contribution in [2.75, 3.05) is 6.61 Å². The molecule has 2 fully saturated rings. The zero-order chi connectivity index (χ0) is 18.3. The lowest BCUT2D eigenvalue weighted by Gasteiger charge is -2.41. The normalized spacial score (nSPS) is 35.5. The van der Waals surface area contributed by atoms with Gasteiger partial charge < -0.3 is 30.7 Å². The molecule has 2 aliphatic rings. The molecule has 1 aromatic carbocycles. The van der Waals surface area contributed by atoms with Crippen molar-refractivity contribution in [2.45, 2.75) is 43.5 Å². The summed E-state index contributed by atoms with van der Waals surface area (Å²) in [7, 11) is 0. The van der Waals surface area contributed by atoms with E-state index in [1.165, 1.54) is 6.20 Å². The first-order valence-corrected chi connectivity index (χ1v) is 7.79. The fraction of sp³-hybridized carbons (Fsp3) is 0.500. The minimum atomic E-state index is -1.57. The minimum absolute atomic E-state index is 0.0533. The molecule has 0 amide bonds. The highest BCUT2D eigenvalue weighted by molar-refractivity contribution is 5.62. The molecule has 0 aromatic heterocycles. The predicted molar refractivity (Wildman–Crippen MR) is 81.5 cm³/mol. The monoisotopic (exact) mass is 360 g/mol. The number of benzene rings is 1. The van der Waals surface area contributed by atoms with Gasteiger partial charge >= 0.3 is 0 Å². The lowest BCUT2D eigenvalue weighted by Crippen LogP contribution is -2.61. The van der Waals surface area contributed by atoms with E-state index in [2.05, 4.69) is 5.32 Å². The number of halogens is 3. The van der Waals surface area contributed by atoms with Gasteiger partial charge in [-0.25, -0.2) is 13.2 Å². The Labute approximate surface area is 142 Å². The van der Waals surface area contributed by atoms with Crippen LogP contribution in [0.5, 0.6) is 0 Å². The van der Waals surface area contributed by atoms with E-state index in [9.17, 15) is 23.4 Å². The van der Waals surface area contributed by atoms with E-state index in [-0.39, 0.29) is 17.9 Å². The predicted octanol–water partition coefficient (Wildman–Crippen LogP) is 0.227. The van der Waals surface area contributed by atoms with Crippen LogP contribution in [0.25, 0.3) is 5.70 Å². The minimum Gasteiger partial charge on any atom is -0.397 e. The second-order valence-corrected chi connectivity index (χ2v) is 6.21. The van der Waals surface area contributed by atoms with Crippen molar-refractivity contribution in [3.8, 4) is 0 Å². The summed E-state index contributed by atoms with van der Waals surface area (Å²) in [6.07, 6.45) is -2.31. The standard InChI is InChI=1S/C16H19F3N2O4/c1-6-14(23)13(16-15(25-6)11(22)5-24-16)21-4-10(20)7-2-8(17)12(19)9(18)3-7/h2-4,6,11,13-16,21-23H,5,20H2,1H3/b10-4-/t6-,11?,13?,14+,15?,16+/m0/s1. The van der Waals surface area contributed by atoms with E-state index in [1.54, 1.807) is 6.92 Å². The molecule has 2 heterocycles. The van der Waals surface area contributed by atoms with Gasteiger partial charge in [-0.3, -0.25) is 0 Å². The number of nitrogens with two attached hydrogens (primary N) is 1. The first-order valence-electron chi connectivity index (χ1n) is 7.79. The van der Waals surface area contributed by atoms with E-state index in [4.69, 9.17) is 15.2 Å². The largest absolute Gasteiger partial charge is 0.397 e. The van der Waals surface area contributed by atoms with Crippen LogP contribution < -0.4 is 11.1 Å². The number of hydrogen-bond donors (Lipinski definition) is 4. The molecule has 25 heavy (non-hydrogen) atoms. The molecule has 0 bridgehead atoms. The van der Waals surface area contributed by atoms with Crippen LogP contribution in [0, 0.1) is 17.5 Å². The highest BCUT2D eigenvalue weighted by Gasteiger charge is 2.50. The van der Waals surface area contributed by atoms with Crippen LogP contribution >= 0.6 is 0 Å². The number of fused-ring (bicyclic) bond motifs is 1. The Bertz CT molecular complexity index is 664. The van der Waals surface area contributed by atoms with Gasteiger partial charge in [-0.1, -0.05) is 0 Å². The molecule has 5 N–H and O–H groups in total. The Kier molecular flexibility index (Phi) is 4.92. The zero-order valence-electron chi connectivity index (χ0n) is 13.3. The highest BCUT2D eigenvalue weighted by atomic mass is 19.2. The summed E-state index contributed by atoms with van der Waals surface area (Å²) in [4.78, 5) is 0. The average molecular weight is 360 g/mol. The summed E-state index contributed by atoms with van der Waals surface area (Å²) in [5.74, 6) is -4.28. The van der Waals surface area contributed by atoms with Crippen molar-refractivity contribution in [1.82, 2.24) is 5.32 Å². The number of aliphatic hydroxyl groups is 2. The molecule has 3 rings (SSSR count). The first kappa shape index (κ1) is 18.0. The third-order valence-corrected chi connectivity index (χ3v) is 4.49. The molecule has 1 aromatic rings. The van der Waals surface area contributed by atoms with Crippen molar-refractivity contribution in [1.29, 1.82) is 0 Å². The van der Waals surface area contributed by atoms with Gasteiger partial charge in [0.05, 0.1) is 24.4 Å². The summed E-state index contributed by atoms with van der Waals surface area (Å²) < 4.78 is 50.6. The maximum atomic E-state index is 13.3. The van der Waals surface area contributed by atoms with Gasteiger partial charge in [-0.2, -0.15) is 0 Å². The summed E-state index contributed by atoms with van der Waals surface area (Å²) >= 11 is 0. The van der Waals surface area contributed by atoms with Crippen LogP contribution in [0.4, 0.5) is 13.2 Å². The van der Waals surface area contributed by atoms with Gasteiger partial charge in [0.25, 0.3) is 0 Å². The van der Waals surface area contributed by atoms with Gasteiger partial charge in [0.2, 0.25) is 0 Å². The average Bonchev–Trinajstić information content (AvgIpc) is 2.93. The third kappa shape index (κ3) is 3.32. The second kappa shape index (κ2) is 6.83. The lowest BCUT2D eigenvalue weighted by molar-refractivity contribution is -0.171. The Morgan fingerprint density at radius 3 is 2.52 bits per heavy atom. The summed E-state index contributed by atoms with van der Waals surface area (Å²) in [5, 5.41) is 23.0. The molecule has 9 heteroatoms. The second-order valence-electron chi connectivity index (χ2n) is 6.21. The molecule has 3 unspecified atom stereocenters. The number of ether oxygens (including phenoxy) is 2. The molecular formula is C16H19F3N2O4. The summed E-state index contributed by atoms with van der Waals surface area (Å²) in [6.45, 7) is 1.72. The smallest absolute Gasteiger partial charge is 0.194 e. The van der Waals surface area contributed by atoms with Crippen molar-refractivity contribution >= 4 is 5.70 Å². The fourth-order valence-electron chi connectivity index (χ4n) is 3.09. The van der Waals surface area contributed by atoms with E-state index in [0.717, 1.165) is 12.1 Å². The number of rotatable bonds is 3. The van der Waals surface area contributed by atoms with E-state index >= 15 is 0 Å². The van der Waals surface area contributed by atoms with Crippen LogP contribution in [0.1, 0.15) is 12.5 Å². The quantitative estimate of drug-likeness (QED) is 0.576. The van der Waals surface area contributed by atoms with Crippen LogP contribution in [0.15, 0.2) is 18.3 Å². The van der Waals surface area contributed by atoms with Gasteiger partial charge in [-0.15, -0.1) is 0 Å². The molecule has 0 radical (unpaired) electrons. The molecule has 0 spiro atoms. The fourth-order valence-corrected chi connectivity index (χ4v) is 3.09. The number of aliphatic hydroxyl groups excluding tert-OH is 2. The Morgan fingerprint density at radius 2 is 1.88 bits per heavy atom. The van der Waals surface area contributed by atoms with Crippen LogP contribution in [0.3, 0.4) is 0 Å². The summed E-state index contributed by atoms with van der Waals surface area (Å²) in [6, 6.07) is 0.890. The van der Waals surface area contributed by atoms with Crippen LogP contribution in [0.2, 0.25) is 0 Å². The highest BCUT2D eigenvalue weighted by Crippen LogP contribution is 2.30. The maximum absolute atomic E-state index is 13.3. The van der Waals surface area contributed by atoms with E-state index in [1.807, 2.05) is 0 Å². The molecule has 6 nitrogen and oxygen atoms in total. The summed E-state index contributed by atoms with van der Waals surface area (Å²) in [5.41, 5.74) is 5.67. The third-order valence-electron chi connectivity index (χ3n) is 4.49. The first-order chi connectivity index (χ1) is 11.8. The van der Waals surface area contributed by atoms with Crippen molar-refractivity contribution in [2.24, 2.45) is 5.73 Å². The number of hydrogen-bond acceptors (Lipinski definition) is 6. The Morgan fingerprint density at radius 1 is 1.24 bits per heavy atom. The van der Waals surface area contributed by atoms with Crippen LogP contribution in [-0.2, 0) is 9.47 Å². The van der Waals surface area contributed by atoms with Crippen LogP contribution in [-0.4, -0.2) is 53.4 Å². The molecule has 0 saturated carbocycles. The molecule has 2 aliphatic heterocycles. The Balaban J connectivity index is 1.79. The van der Waals surface area contributed by atoms with Crippen molar-refractivity contribution in [3.63, 3.8) is 0 Å².